The zero-order valence-corrected chi connectivity index (χ0v) is 12.2. The van der Waals surface area contributed by atoms with Gasteiger partial charge in [-0.25, -0.2) is 4.39 Å². The van der Waals surface area contributed by atoms with Crippen LogP contribution >= 0.6 is 0 Å². The zero-order chi connectivity index (χ0) is 14.1. The monoisotopic (exact) mass is 275 g/mol. The topological polar surface area (TPSA) is 22.3 Å². The van der Waals surface area contributed by atoms with Crippen molar-refractivity contribution in [3.05, 3.63) is 29.7 Å². The highest BCUT2D eigenvalue weighted by Crippen LogP contribution is 2.29. The first-order valence-corrected chi connectivity index (χ1v) is 7.34. The Morgan fingerprint density at radius 3 is 2.70 bits per heavy atom. The van der Waals surface area contributed by atoms with Crippen LogP contribution in [0.25, 0.3) is 10.9 Å². The summed E-state index contributed by atoms with van der Waals surface area (Å²) in [5.41, 5.74) is 2.98. The predicted molar refractivity (Wildman–Crippen MR) is 82.0 cm³/mol. The van der Waals surface area contributed by atoms with Crippen molar-refractivity contribution >= 4 is 16.6 Å². The van der Waals surface area contributed by atoms with E-state index in [0.29, 0.717) is 0 Å². The molecule has 0 radical (unpaired) electrons. The van der Waals surface area contributed by atoms with Crippen molar-refractivity contribution in [3.63, 3.8) is 0 Å². The number of anilines is 1. The second-order valence-corrected chi connectivity index (χ2v) is 5.91. The van der Waals surface area contributed by atoms with E-state index < -0.39 is 0 Å². The second kappa shape index (κ2) is 5.44. The smallest absolute Gasteiger partial charge is 0.147 e. The van der Waals surface area contributed by atoms with Crippen molar-refractivity contribution in [3.8, 4) is 0 Å². The number of aromatic amines is 1. The number of benzene rings is 1. The SMILES string of the molecule is CN(C)CCc1c[nH]c2cc(N3CCCC3)c(F)cc12. The first kappa shape index (κ1) is 13.4. The summed E-state index contributed by atoms with van der Waals surface area (Å²) in [4.78, 5) is 7.59. The van der Waals surface area contributed by atoms with E-state index in [2.05, 4.69) is 28.9 Å². The van der Waals surface area contributed by atoms with Gasteiger partial charge in [-0.3, -0.25) is 0 Å². The minimum atomic E-state index is -0.0925. The molecule has 4 heteroatoms. The summed E-state index contributed by atoms with van der Waals surface area (Å²) in [7, 11) is 4.11. The number of hydrogen-bond acceptors (Lipinski definition) is 2. The van der Waals surface area contributed by atoms with E-state index in [1.54, 1.807) is 6.07 Å². The van der Waals surface area contributed by atoms with Gasteiger partial charge in [0.1, 0.15) is 5.82 Å². The third-order valence-electron chi connectivity index (χ3n) is 4.11. The van der Waals surface area contributed by atoms with Crippen molar-refractivity contribution < 1.29 is 4.39 Å². The number of hydrogen-bond donors (Lipinski definition) is 1. The van der Waals surface area contributed by atoms with Crippen LogP contribution in [0.5, 0.6) is 0 Å². The number of rotatable bonds is 4. The van der Waals surface area contributed by atoms with Gasteiger partial charge in [0, 0.05) is 36.7 Å². The molecule has 1 fully saturated rings. The van der Waals surface area contributed by atoms with Crippen molar-refractivity contribution in [2.75, 3.05) is 38.6 Å². The average Bonchev–Trinajstić information content (AvgIpc) is 3.04. The number of fused-ring (bicyclic) bond motifs is 1. The number of nitrogens with zero attached hydrogens (tertiary/aromatic N) is 2. The van der Waals surface area contributed by atoms with Crippen molar-refractivity contribution in [2.45, 2.75) is 19.3 Å². The number of likely N-dealkylation sites (N-methyl/N-ethyl adjacent to an activating group) is 1. The van der Waals surface area contributed by atoms with E-state index in [-0.39, 0.29) is 5.82 Å². The predicted octanol–water partition coefficient (Wildman–Crippen LogP) is 3.01. The molecule has 0 amide bonds. The van der Waals surface area contributed by atoms with Gasteiger partial charge >= 0.3 is 0 Å². The molecule has 1 saturated heterocycles. The van der Waals surface area contributed by atoms with Gasteiger partial charge in [-0.05, 0) is 51.1 Å². The molecule has 108 valence electrons. The molecule has 0 saturated carbocycles. The molecule has 0 atom stereocenters. The summed E-state index contributed by atoms with van der Waals surface area (Å²) < 4.78 is 14.4. The molecule has 0 aliphatic carbocycles. The first-order chi connectivity index (χ1) is 9.65. The molecule has 1 aromatic carbocycles. The molecule has 20 heavy (non-hydrogen) atoms. The third-order valence-corrected chi connectivity index (χ3v) is 4.11. The summed E-state index contributed by atoms with van der Waals surface area (Å²) in [6.07, 6.45) is 5.28. The minimum Gasteiger partial charge on any atom is -0.369 e. The fourth-order valence-corrected chi connectivity index (χ4v) is 2.94. The molecule has 2 heterocycles. The van der Waals surface area contributed by atoms with E-state index in [1.807, 2.05) is 12.3 Å². The highest BCUT2D eigenvalue weighted by molar-refractivity contribution is 5.86. The van der Waals surface area contributed by atoms with Crippen LogP contribution in [0.4, 0.5) is 10.1 Å². The van der Waals surface area contributed by atoms with Crippen LogP contribution in [0.15, 0.2) is 18.3 Å². The minimum absolute atomic E-state index is 0.0925. The molecule has 1 N–H and O–H groups in total. The maximum atomic E-state index is 14.4. The Bertz CT molecular complexity index is 597. The Hall–Kier alpha value is -1.55. The van der Waals surface area contributed by atoms with E-state index in [1.165, 1.54) is 5.56 Å². The fraction of sp³-hybridized carbons (Fsp3) is 0.500. The molecule has 1 aromatic heterocycles. The second-order valence-electron chi connectivity index (χ2n) is 5.91. The van der Waals surface area contributed by atoms with Gasteiger partial charge in [-0.1, -0.05) is 0 Å². The number of H-pyrrole nitrogens is 1. The van der Waals surface area contributed by atoms with Crippen LogP contribution in [0, 0.1) is 5.82 Å². The van der Waals surface area contributed by atoms with Gasteiger partial charge in [0.25, 0.3) is 0 Å². The van der Waals surface area contributed by atoms with Gasteiger partial charge in [0.15, 0.2) is 0 Å². The van der Waals surface area contributed by atoms with Crippen LogP contribution < -0.4 is 4.90 Å². The molecule has 3 rings (SSSR count). The fourth-order valence-electron chi connectivity index (χ4n) is 2.94. The van der Waals surface area contributed by atoms with Crippen molar-refractivity contribution in [1.82, 2.24) is 9.88 Å². The van der Waals surface area contributed by atoms with Gasteiger partial charge in [-0.15, -0.1) is 0 Å². The summed E-state index contributed by atoms with van der Waals surface area (Å²) in [6, 6.07) is 3.67. The van der Waals surface area contributed by atoms with E-state index >= 15 is 0 Å². The van der Waals surface area contributed by atoms with E-state index in [4.69, 9.17) is 0 Å². The highest BCUT2D eigenvalue weighted by atomic mass is 19.1. The maximum absolute atomic E-state index is 14.4. The molecule has 0 bridgehead atoms. The molecular formula is C16H22FN3. The quantitative estimate of drug-likeness (QED) is 0.926. The average molecular weight is 275 g/mol. The molecule has 1 aliphatic rings. The lowest BCUT2D eigenvalue weighted by molar-refractivity contribution is 0.414. The Kier molecular flexibility index (Phi) is 3.66. The van der Waals surface area contributed by atoms with Crippen LogP contribution in [-0.4, -0.2) is 43.6 Å². The molecule has 0 unspecified atom stereocenters. The lowest BCUT2D eigenvalue weighted by Crippen LogP contribution is -2.18. The Morgan fingerprint density at radius 1 is 1.25 bits per heavy atom. The standard InChI is InChI=1S/C16H22FN3/c1-19(2)8-5-12-11-18-15-10-16(14(17)9-13(12)15)20-6-3-4-7-20/h9-11,18H,3-8H2,1-2H3. The normalized spacial score (nSPS) is 15.7. The molecule has 1 aliphatic heterocycles. The van der Waals surface area contributed by atoms with Crippen molar-refractivity contribution in [2.24, 2.45) is 0 Å². The molecule has 0 spiro atoms. The largest absolute Gasteiger partial charge is 0.369 e. The van der Waals surface area contributed by atoms with Crippen molar-refractivity contribution in [1.29, 1.82) is 0 Å². The summed E-state index contributed by atoms with van der Waals surface area (Å²) >= 11 is 0. The first-order valence-electron chi connectivity index (χ1n) is 7.34. The molecule has 2 aromatic rings. The van der Waals surface area contributed by atoms with Crippen LogP contribution in [0.3, 0.4) is 0 Å². The van der Waals surface area contributed by atoms with Crippen LogP contribution in [0.2, 0.25) is 0 Å². The summed E-state index contributed by atoms with van der Waals surface area (Å²) in [5.74, 6) is -0.0925. The summed E-state index contributed by atoms with van der Waals surface area (Å²) in [5, 5.41) is 1.02. The number of halogens is 1. The van der Waals surface area contributed by atoms with Gasteiger partial charge in [0.05, 0.1) is 5.69 Å². The van der Waals surface area contributed by atoms with Gasteiger partial charge in [-0.2, -0.15) is 0 Å². The molecule has 3 nitrogen and oxygen atoms in total. The maximum Gasteiger partial charge on any atom is 0.147 e. The Morgan fingerprint density at radius 2 is 2.00 bits per heavy atom. The van der Waals surface area contributed by atoms with Gasteiger partial charge in [0.2, 0.25) is 0 Å². The Balaban J connectivity index is 1.92. The highest BCUT2D eigenvalue weighted by Gasteiger charge is 2.18. The van der Waals surface area contributed by atoms with Crippen LogP contribution in [0.1, 0.15) is 18.4 Å². The van der Waals surface area contributed by atoms with E-state index in [9.17, 15) is 4.39 Å². The number of aromatic nitrogens is 1. The van der Waals surface area contributed by atoms with E-state index in [0.717, 1.165) is 55.5 Å². The lowest BCUT2D eigenvalue weighted by Gasteiger charge is -2.18. The third kappa shape index (κ3) is 2.52. The summed E-state index contributed by atoms with van der Waals surface area (Å²) in [6.45, 7) is 2.91. The van der Waals surface area contributed by atoms with Gasteiger partial charge < -0.3 is 14.8 Å². The zero-order valence-electron chi connectivity index (χ0n) is 12.2. The lowest BCUT2D eigenvalue weighted by atomic mass is 10.1. The Labute approximate surface area is 119 Å². The number of nitrogens with one attached hydrogen (secondary N) is 1. The van der Waals surface area contributed by atoms with Crippen LogP contribution in [-0.2, 0) is 6.42 Å². The molecular weight excluding hydrogens is 253 g/mol.